The Morgan fingerprint density at radius 2 is 1.62 bits per heavy atom. The van der Waals surface area contributed by atoms with Gasteiger partial charge in [-0.05, 0) is 24.3 Å². The van der Waals surface area contributed by atoms with Crippen molar-refractivity contribution in [3.8, 4) is 11.4 Å². The van der Waals surface area contributed by atoms with Gasteiger partial charge in [0, 0.05) is 5.56 Å². The predicted octanol–water partition coefficient (Wildman–Crippen LogP) is 4.48. The zero-order valence-electron chi connectivity index (χ0n) is 13.9. The molecule has 0 aliphatic rings. The highest BCUT2D eigenvalue weighted by Crippen LogP contribution is 2.25. The van der Waals surface area contributed by atoms with Crippen molar-refractivity contribution in [3.63, 3.8) is 0 Å². The number of para-hydroxylation sites is 3. The molecular formula is C21H16FN3O. The highest BCUT2D eigenvalue weighted by molar-refractivity contribution is 5.92. The van der Waals surface area contributed by atoms with Gasteiger partial charge in [-0.1, -0.05) is 54.6 Å². The molecule has 0 spiro atoms. The van der Waals surface area contributed by atoms with Crippen molar-refractivity contribution in [3.05, 3.63) is 84.7 Å². The van der Waals surface area contributed by atoms with Gasteiger partial charge in [0.25, 0.3) is 0 Å². The Morgan fingerprint density at radius 1 is 0.923 bits per heavy atom. The van der Waals surface area contributed by atoms with E-state index in [1.54, 1.807) is 12.1 Å². The Kier molecular flexibility index (Phi) is 4.19. The predicted molar refractivity (Wildman–Crippen MR) is 100 cm³/mol. The van der Waals surface area contributed by atoms with E-state index in [2.05, 4.69) is 10.3 Å². The molecule has 0 atom stereocenters. The van der Waals surface area contributed by atoms with Crippen molar-refractivity contribution in [1.29, 1.82) is 0 Å². The normalized spacial score (nSPS) is 10.8. The summed E-state index contributed by atoms with van der Waals surface area (Å²) < 4.78 is 15.6. The minimum atomic E-state index is -0.459. The van der Waals surface area contributed by atoms with Crippen LogP contribution in [0.15, 0.2) is 78.9 Å². The summed E-state index contributed by atoms with van der Waals surface area (Å²) in [5, 5.41) is 2.63. The summed E-state index contributed by atoms with van der Waals surface area (Å²) in [6, 6.07) is 23.5. The Hall–Kier alpha value is -3.47. The van der Waals surface area contributed by atoms with Crippen LogP contribution in [-0.4, -0.2) is 15.5 Å². The largest absolute Gasteiger partial charge is 0.322 e. The average molecular weight is 345 g/mol. The lowest BCUT2D eigenvalue weighted by Crippen LogP contribution is -2.20. The molecule has 0 saturated carbocycles. The standard InChI is InChI=1S/C21H16FN3O/c22-16-10-4-5-11-17(16)23-20(26)14-25-19-13-7-6-12-18(19)24-21(25)15-8-2-1-3-9-15/h1-13H,14H2,(H,23,26). The first-order valence-corrected chi connectivity index (χ1v) is 8.27. The molecule has 1 aromatic heterocycles. The molecule has 0 aliphatic carbocycles. The van der Waals surface area contributed by atoms with E-state index in [4.69, 9.17) is 0 Å². The SMILES string of the molecule is O=C(Cn1c(-c2ccccc2)nc2ccccc21)Nc1ccccc1F. The number of anilines is 1. The van der Waals surface area contributed by atoms with Crippen LogP contribution in [0.25, 0.3) is 22.4 Å². The van der Waals surface area contributed by atoms with Gasteiger partial charge in [-0.25, -0.2) is 9.37 Å². The number of benzene rings is 3. The first-order valence-electron chi connectivity index (χ1n) is 8.27. The second-order valence-electron chi connectivity index (χ2n) is 5.90. The zero-order valence-corrected chi connectivity index (χ0v) is 13.9. The summed E-state index contributed by atoms with van der Waals surface area (Å²) >= 11 is 0. The van der Waals surface area contributed by atoms with Crippen LogP contribution >= 0.6 is 0 Å². The first kappa shape index (κ1) is 16.0. The molecule has 0 fully saturated rings. The number of nitrogens with one attached hydrogen (secondary N) is 1. The second kappa shape index (κ2) is 6.80. The first-order chi connectivity index (χ1) is 12.7. The lowest BCUT2D eigenvalue weighted by Gasteiger charge is -2.10. The third-order valence-corrected chi connectivity index (χ3v) is 4.14. The van der Waals surface area contributed by atoms with Gasteiger partial charge in [0.2, 0.25) is 5.91 Å². The molecule has 5 heteroatoms. The number of imidazole rings is 1. The zero-order chi connectivity index (χ0) is 17.9. The van der Waals surface area contributed by atoms with Gasteiger partial charge in [0.1, 0.15) is 18.2 Å². The lowest BCUT2D eigenvalue weighted by molar-refractivity contribution is -0.116. The van der Waals surface area contributed by atoms with Gasteiger partial charge in [-0.3, -0.25) is 4.79 Å². The number of amides is 1. The van der Waals surface area contributed by atoms with Gasteiger partial charge in [-0.2, -0.15) is 0 Å². The van der Waals surface area contributed by atoms with E-state index in [1.807, 2.05) is 59.2 Å². The minimum Gasteiger partial charge on any atom is -0.322 e. The Morgan fingerprint density at radius 3 is 2.42 bits per heavy atom. The molecule has 0 unspecified atom stereocenters. The van der Waals surface area contributed by atoms with Crippen LogP contribution in [-0.2, 0) is 11.3 Å². The number of carbonyl (C=O) groups excluding carboxylic acids is 1. The van der Waals surface area contributed by atoms with Gasteiger partial charge in [0.15, 0.2) is 0 Å². The summed E-state index contributed by atoms with van der Waals surface area (Å²) in [7, 11) is 0. The Labute approximate surface area is 149 Å². The van der Waals surface area contributed by atoms with E-state index in [-0.39, 0.29) is 18.1 Å². The molecule has 0 radical (unpaired) electrons. The number of rotatable bonds is 4. The van der Waals surface area contributed by atoms with Crippen molar-refractivity contribution < 1.29 is 9.18 Å². The molecule has 4 nitrogen and oxygen atoms in total. The van der Waals surface area contributed by atoms with E-state index in [0.717, 1.165) is 16.6 Å². The number of aromatic nitrogens is 2. The molecule has 0 saturated heterocycles. The summed E-state index contributed by atoms with van der Waals surface area (Å²) in [5.41, 5.74) is 2.76. The lowest BCUT2D eigenvalue weighted by atomic mass is 10.2. The number of nitrogens with zero attached hydrogens (tertiary/aromatic N) is 2. The van der Waals surface area contributed by atoms with Crippen molar-refractivity contribution in [2.45, 2.75) is 6.54 Å². The minimum absolute atomic E-state index is 0.0407. The number of halogens is 1. The average Bonchev–Trinajstić information content (AvgIpc) is 3.03. The molecular weight excluding hydrogens is 329 g/mol. The fraction of sp³-hybridized carbons (Fsp3) is 0.0476. The van der Waals surface area contributed by atoms with Crippen LogP contribution in [0.4, 0.5) is 10.1 Å². The molecule has 1 heterocycles. The highest BCUT2D eigenvalue weighted by Gasteiger charge is 2.15. The van der Waals surface area contributed by atoms with E-state index in [0.29, 0.717) is 5.82 Å². The summed E-state index contributed by atoms with van der Waals surface area (Å²) in [6.45, 7) is 0.0407. The number of hydrogen-bond acceptors (Lipinski definition) is 2. The quantitative estimate of drug-likeness (QED) is 0.593. The summed E-state index contributed by atoms with van der Waals surface area (Å²) in [6.07, 6.45) is 0. The topological polar surface area (TPSA) is 46.9 Å². The molecule has 0 bridgehead atoms. The number of carbonyl (C=O) groups is 1. The fourth-order valence-corrected chi connectivity index (χ4v) is 2.94. The molecule has 4 aromatic rings. The van der Waals surface area contributed by atoms with Crippen LogP contribution in [0.5, 0.6) is 0 Å². The molecule has 1 N–H and O–H groups in total. The third kappa shape index (κ3) is 3.07. The van der Waals surface area contributed by atoms with Gasteiger partial charge >= 0.3 is 0 Å². The van der Waals surface area contributed by atoms with Crippen LogP contribution in [0.3, 0.4) is 0 Å². The Balaban J connectivity index is 1.71. The maximum Gasteiger partial charge on any atom is 0.244 e. The molecule has 1 amide bonds. The van der Waals surface area contributed by atoms with Crippen molar-refractivity contribution in [2.75, 3.05) is 5.32 Å². The van der Waals surface area contributed by atoms with Crippen molar-refractivity contribution in [1.82, 2.24) is 9.55 Å². The molecule has 26 heavy (non-hydrogen) atoms. The second-order valence-corrected chi connectivity index (χ2v) is 5.90. The van der Waals surface area contributed by atoms with E-state index in [9.17, 15) is 9.18 Å². The maximum atomic E-state index is 13.8. The molecule has 4 rings (SSSR count). The van der Waals surface area contributed by atoms with Gasteiger partial charge in [0.05, 0.1) is 16.7 Å². The highest BCUT2D eigenvalue weighted by atomic mass is 19.1. The summed E-state index contributed by atoms with van der Waals surface area (Å²) in [4.78, 5) is 17.2. The van der Waals surface area contributed by atoms with E-state index >= 15 is 0 Å². The van der Waals surface area contributed by atoms with Crippen molar-refractivity contribution >= 4 is 22.6 Å². The van der Waals surface area contributed by atoms with E-state index in [1.165, 1.54) is 12.1 Å². The van der Waals surface area contributed by atoms with Gasteiger partial charge < -0.3 is 9.88 Å². The number of fused-ring (bicyclic) bond motifs is 1. The van der Waals surface area contributed by atoms with Gasteiger partial charge in [-0.15, -0.1) is 0 Å². The maximum absolute atomic E-state index is 13.8. The number of hydrogen-bond donors (Lipinski definition) is 1. The third-order valence-electron chi connectivity index (χ3n) is 4.14. The van der Waals surface area contributed by atoms with Crippen molar-refractivity contribution in [2.24, 2.45) is 0 Å². The fourth-order valence-electron chi connectivity index (χ4n) is 2.94. The van der Waals surface area contributed by atoms with Crippen LogP contribution in [0, 0.1) is 5.82 Å². The van der Waals surface area contributed by atoms with Crippen LogP contribution < -0.4 is 5.32 Å². The molecule has 0 aliphatic heterocycles. The van der Waals surface area contributed by atoms with Crippen LogP contribution in [0.2, 0.25) is 0 Å². The van der Waals surface area contributed by atoms with E-state index < -0.39 is 5.82 Å². The Bertz CT molecular complexity index is 1070. The van der Waals surface area contributed by atoms with Crippen LogP contribution in [0.1, 0.15) is 0 Å². The molecule has 128 valence electrons. The molecule has 3 aromatic carbocycles. The summed E-state index contributed by atoms with van der Waals surface area (Å²) in [5.74, 6) is -0.0643. The monoisotopic (exact) mass is 345 g/mol. The smallest absolute Gasteiger partial charge is 0.244 e.